The molecule has 3 rings (SSSR count). The zero-order valence-electron chi connectivity index (χ0n) is 14.9. The zero-order valence-corrected chi connectivity index (χ0v) is 16.5. The number of hydrogen-bond acceptors (Lipinski definition) is 3. The molecule has 0 spiro atoms. The van der Waals surface area contributed by atoms with Crippen LogP contribution in [0.15, 0.2) is 84.1 Å². The highest BCUT2D eigenvalue weighted by Gasteiger charge is 2.29. The van der Waals surface area contributed by atoms with Gasteiger partial charge in [-0.2, -0.15) is 4.57 Å². The standard InChI is InChI=1S/C22H19ClN2OS/c1-16-8-7-13-25(15-16)20(21(26)18-11-5-6-12-19(18)23)22(27)24-14-17-9-3-2-4-10-17/h2-13,15,20H,14H2,1H3/t20-/m1/s1. The second kappa shape index (κ2) is 8.89. The van der Waals surface area contributed by atoms with E-state index in [1.165, 1.54) is 0 Å². The molecule has 0 aliphatic rings. The van der Waals surface area contributed by atoms with E-state index >= 15 is 0 Å². The Kier molecular flexibility index (Phi) is 6.32. The van der Waals surface area contributed by atoms with E-state index in [0.717, 1.165) is 11.1 Å². The average Bonchev–Trinajstić information content (AvgIpc) is 2.68. The summed E-state index contributed by atoms with van der Waals surface area (Å²) in [7, 11) is 0. The fourth-order valence-electron chi connectivity index (χ4n) is 2.80. The predicted octanol–water partition coefficient (Wildman–Crippen LogP) is 4.51. The first-order valence-corrected chi connectivity index (χ1v) is 9.36. The Morgan fingerprint density at radius 2 is 1.78 bits per heavy atom. The molecule has 0 aliphatic carbocycles. The molecule has 3 nitrogen and oxygen atoms in total. The molecule has 0 aliphatic heterocycles. The molecule has 136 valence electrons. The summed E-state index contributed by atoms with van der Waals surface area (Å²) in [5, 5.41) is 0.742. The molecule has 0 radical (unpaired) electrons. The molecule has 0 saturated heterocycles. The van der Waals surface area contributed by atoms with E-state index in [1.54, 1.807) is 28.8 Å². The van der Waals surface area contributed by atoms with Gasteiger partial charge in [0, 0.05) is 17.2 Å². The van der Waals surface area contributed by atoms with E-state index in [2.05, 4.69) is 4.99 Å². The Labute approximate surface area is 169 Å². The van der Waals surface area contributed by atoms with Crippen LogP contribution in [0.4, 0.5) is 0 Å². The zero-order chi connectivity index (χ0) is 19.2. The van der Waals surface area contributed by atoms with Crippen molar-refractivity contribution in [2.75, 3.05) is 0 Å². The monoisotopic (exact) mass is 394 g/mol. The van der Waals surface area contributed by atoms with Crippen LogP contribution in [-0.4, -0.2) is 10.8 Å². The van der Waals surface area contributed by atoms with Gasteiger partial charge in [0.2, 0.25) is 11.8 Å². The van der Waals surface area contributed by atoms with Gasteiger partial charge in [-0.15, -0.1) is 0 Å². The lowest BCUT2D eigenvalue weighted by Crippen LogP contribution is -2.48. The van der Waals surface area contributed by atoms with Gasteiger partial charge in [0.25, 0.3) is 0 Å². The van der Waals surface area contributed by atoms with Gasteiger partial charge in [-0.05, 0) is 35.7 Å². The minimum Gasteiger partial charge on any atom is -0.758 e. The average molecular weight is 395 g/mol. The molecule has 1 heterocycles. The molecule has 0 bridgehead atoms. The Morgan fingerprint density at radius 1 is 1.07 bits per heavy atom. The summed E-state index contributed by atoms with van der Waals surface area (Å²) in [6.45, 7) is 2.40. The number of carbonyl (C=O) groups excluding carboxylic acids is 1. The molecule has 0 unspecified atom stereocenters. The molecule has 0 N–H and O–H groups in total. The second-order valence-corrected chi connectivity index (χ2v) is 7.04. The summed E-state index contributed by atoms with van der Waals surface area (Å²) in [5.41, 5.74) is 2.51. The van der Waals surface area contributed by atoms with E-state index in [0.29, 0.717) is 22.2 Å². The molecule has 27 heavy (non-hydrogen) atoms. The van der Waals surface area contributed by atoms with Crippen LogP contribution < -0.4 is 4.57 Å². The van der Waals surface area contributed by atoms with Crippen LogP contribution in [0.25, 0.3) is 0 Å². The third-order valence-corrected chi connectivity index (χ3v) is 4.83. The molecule has 5 heteroatoms. The first-order valence-electron chi connectivity index (χ1n) is 8.57. The van der Waals surface area contributed by atoms with Crippen LogP contribution in [0.3, 0.4) is 0 Å². The van der Waals surface area contributed by atoms with Crippen molar-refractivity contribution in [3.8, 4) is 0 Å². The molecule has 1 aromatic heterocycles. The summed E-state index contributed by atoms with van der Waals surface area (Å²) < 4.78 is 1.80. The highest BCUT2D eigenvalue weighted by Crippen LogP contribution is 2.20. The van der Waals surface area contributed by atoms with Crippen LogP contribution in [0.1, 0.15) is 27.5 Å². The number of benzene rings is 2. The lowest BCUT2D eigenvalue weighted by atomic mass is 10.0. The number of aromatic nitrogens is 1. The number of carbonyl (C=O) groups is 1. The third-order valence-electron chi connectivity index (χ3n) is 4.15. The maximum absolute atomic E-state index is 13.3. The summed E-state index contributed by atoms with van der Waals surface area (Å²) >= 11 is 11.8. The van der Waals surface area contributed by atoms with Gasteiger partial charge in [-0.1, -0.05) is 54.1 Å². The van der Waals surface area contributed by atoms with Gasteiger partial charge in [0.15, 0.2) is 12.4 Å². The normalized spacial score (nSPS) is 12.6. The van der Waals surface area contributed by atoms with Crippen molar-refractivity contribution in [1.29, 1.82) is 0 Å². The summed E-state index contributed by atoms with van der Waals surface area (Å²) in [6, 6.07) is 20.0. The number of halogens is 1. The quantitative estimate of drug-likeness (QED) is 0.203. The van der Waals surface area contributed by atoms with Crippen LogP contribution in [-0.2, 0) is 19.2 Å². The van der Waals surface area contributed by atoms with Gasteiger partial charge in [-0.3, -0.25) is 4.79 Å². The van der Waals surface area contributed by atoms with Crippen LogP contribution in [0.5, 0.6) is 0 Å². The van der Waals surface area contributed by atoms with Gasteiger partial charge in [0.1, 0.15) is 0 Å². The van der Waals surface area contributed by atoms with E-state index < -0.39 is 6.04 Å². The topological polar surface area (TPSA) is 33.3 Å². The van der Waals surface area contributed by atoms with Gasteiger partial charge < -0.3 is 17.6 Å². The van der Waals surface area contributed by atoms with Crippen molar-refractivity contribution in [3.05, 3.63) is 101 Å². The van der Waals surface area contributed by atoms with Crippen LogP contribution in [0.2, 0.25) is 5.02 Å². The van der Waals surface area contributed by atoms with Gasteiger partial charge in [0.05, 0.1) is 11.6 Å². The van der Waals surface area contributed by atoms with Crippen molar-refractivity contribution >= 4 is 35.1 Å². The number of aryl methyl sites for hydroxylation is 1. The Morgan fingerprint density at radius 3 is 2.48 bits per heavy atom. The Bertz CT molecular complexity index is 973. The number of Topliss-reactive ketones (excluding diaryl/α,β-unsaturated/α-hetero) is 1. The van der Waals surface area contributed by atoms with Crippen molar-refractivity contribution in [1.82, 2.24) is 0 Å². The second-order valence-electron chi connectivity index (χ2n) is 6.22. The molecule has 0 amide bonds. The fourth-order valence-corrected chi connectivity index (χ4v) is 3.32. The lowest BCUT2D eigenvalue weighted by molar-refractivity contribution is -0.692. The molecule has 0 saturated carbocycles. The van der Waals surface area contributed by atoms with Crippen LogP contribution in [0, 0.1) is 6.92 Å². The van der Waals surface area contributed by atoms with Gasteiger partial charge in [-0.25, -0.2) is 0 Å². The highest BCUT2D eigenvalue weighted by atomic mass is 35.5. The first-order chi connectivity index (χ1) is 13.1. The maximum Gasteiger partial charge on any atom is 0.237 e. The Balaban J connectivity index is 1.99. The van der Waals surface area contributed by atoms with Crippen molar-refractivity contribution in [2.45, 2.75) is 19.5 Å². The molecular weight excluding hydrogens is 376 g/mol. The third kappa shape index (κ3) is 4.79. The molecular formula is C22H19ClN2OS. The molecule has 2 aromatic carbocycles. The number of nitrogens with zero attached hydrogens (tertiary/aromatic N) is 2. The van der Waals surface area contributed by atoms with E-state index in [-0.39, 0.29) is 5.78 Å². The van der Waals surface area contributed by atoms with Crippen molar-refractivity contribution in [3.63, 3.8) is 0 Å². The molecule has 3 aromatic rings. The minimum atomic E-state index is -0.719. The van der Waals surface area contributed by atoms with Crippen molar-refractivity contribution < 1.29 is 9.36 Å². The van der Waals surface area contributed by atoms with E-state index in [1.807, 2.05) is 61.8 Å². The maximum atomic E-state index is 13.3. The summed E-state index contributed by atoms with van der Waals surface area (Å²) in [6.07, 6.45) is 3.72. The largest absolute Gasteiger partial charge is 0.758 e. The number of rotatable bonds is 6. The van der Waals surface area contributed by atoms with E-state index in [4.69, 9.17) is 24.2 Å². The van der Waals surface area contributed by atoms with Crippen molar-refractivity contribution in [2.24, 2.45) is 4.99 Å². The first kappa shape index (κ1) is 19.2. The number of ketones is 1. The highest BCUT2D eigenvalue weighted by molar-refractivity contribution is 7.77. The number of pyridine rings is 1. The molecule has 1 atom stereocenters. The number of aliphatic imine (C=N–C) groups is 1. The Hall–Kier alpha value is -2.56. The van der Waals surface area contributed by atoms with Gasteiger partial charge >= 0.3 is 0 Å². The summed E-state index contributed by atoms with van der Waals surface area (Å²) in [5.74, 6) is -0.169. The minimum absolute atomic E-state index is 0.169. The SMILES string of the molecule is Cc1ccc[n+]([C@H](C(=O)c2ccccc2Cl)C([S-])=NCc2ccccc2)c1. The summed E-state index contributed by atoms with van der Waals surface area (Å²) in [4.78, 5) is 17.8. The lowest BCUT2D eigenvalue weighted by Gasteiger charge is -2.19. The van der Waals surface area contributed by atoms with Crippen LogP contribution >= 0.6 is 11.6 Å². The van der Waals surface area contributed by atoms with E-state index in [9.17, 15) is 4.79 Å². The predicted molar refractivity (Wildman–Crippen MR) is 111 cm³/mol. The number of hydrogen-bond donors (Lipinski definition) is 0. The smallest absolute Gasteiger partial charge is 0.237 e. The molecule has 0 fully saturated rings. The fraction of sp³-hybridized carbons (Fsp3) is 0.136.